The summed E-state index contributed by atoms with van der Waals surface area (Å²) in [6.45, 7) is 2.08. The molecule has 0 bridgehead atoms. The van der Waals surface area contributed by atoms with Gasteiger partial charge in [0.2, 0.25) is 5.95 Å². The van der Waals surface area contributed by atoms with E-state index in [9.17, 15) is 13.5 Å². The van der Waals surface area contributed by atoms with Gasteiger partial charge in [0.05, 0.1) is 18.8 Å². The van der Waals surface area contributed by atoms with Crippen LogP contribution in [0, 0.1) is 11.8 Å². The molecule has 10 heteroatoms. The van der Waals surface area contributed by atoms with Crippen molar-refractivity contribution in [2.75, 3.05) is 11.9 Å². The summed E-state index contributed by atoms with van der Waals surface area (Å²) in [4.78, 5) is 9.39. The largest absolute Gasteiger partial charge is 0.393 e. The van der Waals surface area contributed by atoms with E-state index in [4.69, 9.17) is 14.3 Å². The molecular weight excluding hydrogens is 442 g/mol. The average Bonchev–Trinajstić information content (AvgIpc) is 3.46. The summed E-state index contributed by atoms with van der Waals surface area (Å²) >= 11 is 0. The maximum Gasteiger partial charge on any atom is 0.333 e. The quantitative estimate of drug-likeness (QED) is 0.483. The van der Waals surface area contributed by atoms with Crippen LogP contribution >= 0.6 is 0 Å². The zero-order valence-corrected chi connectivity index (χ0v) is 19.3. The van der Waals surface area contributed by atoms with E-state index in [2.05, 4.69) is 41.5 Å². The van der Waals surface area contributed by atoms with Gasteiger partial charge in [0.1, 0.15) is 5.65 Å². The Balaban J connectivity index is 1.38. The molecular formula is C23H29N5O4S. The van der Waals surface area contributed by atoms with Crippen LogP contribution in [0.25, 0.3) is 11.0 Å². The lowest BCUT2D eigenvalue weighted by atomic mass is 9.98. The number of aromatic nitrogens is 3. The summed E-state index contributed by atoms with van der Waals surface area (Å²) in [5.74, 6) is 0.749. The Morgan fingerprint density at radius 1 is 1.24 bits per heavy atom. The molecule has 2 heterocycles. The Bertz CT molecular complexity index is 1260. The van der Waals surface area contributed by atoms with E-state index in [1.54, 1.807) is 0 Å². The molecule has 0 unspecified atom stereocenters. The minimum absolute atomic E-state index is 0.0232. The van der Waals surface area contributed by atoms with E-state index in [0.717, 1.165) is 23.9 Å². The Morgan fingerprint density at radius 2 is 2.06 bits per heavy atom. The normalized spacial score (nSPS) is 27.2. The molecule has 1 aromatic carbocycles. The molecule has 176 valence electrons. The van der Waals surface area contributed by atoms with Gasteiger partial charge in [0.15, 0.2) is 0 Å². The fourth-order valence-electron chi connectivity index (χ4n) is 5.36. The third-order valence-electron chi connectivity index (χ3n) is 7.08. The first-order valence-corrected chi connectivity index (χ1v) is 12.8. The second-order valence-corrected chi connectivity index (χ2v) is 10.3. The van der Waals surface area contributed by atoms with Gasteiger partial charge in [-0.3, -0.25) is 4.18 Å². The number of nitrogens with zero attached hydrogens (tertiary/aromatic N) is 3. The Labute approximate surface area is 193 Å². The maximum atomic E-state index is 11.1. The summed E-state index contributed by atoms with van der Waals surface area (Å²) in [5.41, 5.74) is 3.47. The fourth-order valence-corrected chi connectivity index (χ4v) is 5.72. The summed E-state index contributed by atoms with van der Waals surface area (Å²) in [6, 6.07) is 10.6. The van der Waals surface area contributed by atoms with Crippen LogP contribution in [-0.4, -0.2) is 40.8 Å². The predicted molar refractivity (Wildman–Crippen MR) is 125 cm³/mol. The lowest BCUT2D eigenvalue weighted by Crippen LogP contribution is -2.24. The van der Waals surface area contributed by atoms with Gasteiger partial charge in [-0.15, -0.1) is 0 Å². The Kier molecular flexibility index (Phi) is 5.86. The van der Waals surface area contributed by atoms with Gasteiger partial charge in [-0.2, -0.15) is 13.4 Å². The monoisotopic (exact) mass is 471 g/mol. The van der Waals surface area contributed by atoms with E-state index in [1.165, 1.54) is 11.1 Å². The van der Waals surface area contributed by atoms with Gasteiger partial charge < -0.3 is 15.0 Å². The molecule has 2 aliphatic carbocycles. The van der Waals surface area contributed by atoms with Crippen LogP contribution in [0.4, 0.5) is 5.95 Å². The second-order valence-electron chi connectivity index (χ2n) is 9.12. The molecule has 5 rings (SSSR count). The van der Waals surface area contributed by atoms with Crippen molar-refractivity contribution in [3.63, 3.8) is 0 Å². The molecule has 5 atom stereocenters. The highest BCUT2D eigenvalue weighted by molar-refractivity contribution is 7.84. The van der Waals surface area contributed by atoms with Crippen LogP contribution in [0.3, 0.4) is 0 Å². The number of nitrogens with one attached hydrogen (secondary N) is 1. The highest BCUT2D eigenvalue weighted by atomic mass is 32.2. The summed E-state index contributed by atoms with van der Waals surface area (Å²) in [7, 11) is -4.03. The van der Waals surface area contributed by atoms with E-state index < -0.39 is 16.4 Å². The van der Waals surface area contributed by atoms with Crippen molar-refractivity contribution in [1.82, 2.24) is 14.5 Å². The highest BCUT2D eigenvalue weighted by Crippen LogP contribution is 2.40. The first-order chi connectivity index (χ1) is 15.8. The van der Waals surface area contributed by atoms with Gasteiger partial charge >= 0.3 is 10.3 Å². The smallest absolute Gasteiger partial charge is 0.333 e. The third kappa shape index (κ3) is 4.48. The van der Waals surface area contributed by atoms with Crippen molar-refractivity contribution in [1.29, 1.82) is 0 Å². The minimum atomic E-state index is -4.03. The second kappa shape index (κ2) is 8.68. The minimum Gasteiger partial charge on any atom is -0.393 e. The number of benzene rings is 1. The summed E-state index contributed by atoms with van der Waals surface area (Å²) < 4.78 is 29.0. The van der Waals surface area contributed by atoms with Crippen molar-refractivity contribution in [3.8, 4) is 0 Å². The van der Waals surface area contributed by atoms with Gasteiger partial charge in [-0.25, -0.2) is 10.1 Å². The SMILES string of the molecule is CC[C@@H]1Cc2ccccc2[C@@H]1Nc1ncc2ccn([C@H]3C[C@H](COS(N)(=O)=O)[C@H](O)C3)c2n1. The maximum absolute atomic E-state index is 11.1. The molecule has 3 aromatic rings. The van der Waals surface area contributed by atoms with Crippen molar-refractivity contribution in [3.05, 3.63) is 53.9 Å². The third-order valence-corrected chi connectivity index (χ3v) is 7.54. The number of hydrogen-bond donors (Lipinski definition) is 3. The van der Waals surface area contributed by atoms with Crippen molar-refractivity contribution >= 4 is 27.3 Å². The first-order valence-electron chi connectivity index (χ1n) is 11.4. The van der Waals surface area contributed by atoms with Gasteiger partial charge in [-0.05, 0) is 42.4 Å². The van der Waals surface area contributed by atoms with E-state index in [0.29, 0.717) is 24.7 Å². The van der Waals surface area contributed by atoms with Crippen LogP contribution in [0.2, 0.25) is 0 Å². The van der Waals surface area contributed by atoms with Crippen LogP contribution in [0.15, 0.2) is 42.7 Å². The Hall–Kier alpha value is -2.53. The standard InChI is InChI=1S/C23H29N5O4S/c1-2-14-9-15-5-3-4-6-19(15)21(14)26-23-25-12-16-7-8-28(22(16)27-23)18-10-17(20(29)11-18)13-32-33(24,30)31/h3-8,12,14,17-18,20-21,29H,2,9-11,13H2,1H3,(H2,24,30,31)(H,25,26,27)/t14-,17-,18+,20-,21-/m1/s1. The molecule has 0 amide bonds. The highest BCUT2D eigenvalue weighted by Gasteiger charge is 2.36. The van der Waals surface area contributed by atoms with Crippen LogP contribution < -0.4 is 10.5 Å². The molecule has 9 nitrogen and oxygen atoms in total. The fraction of sp³-hybridized carbons (Fsp3) is 0.478. The average molecular weight is 472 g/mol. The zero-order chi connectivity index (χ0) is 23.2. The number of rotatable bonds is 7. The lowest BCUT2D eigenvalue weighted by Gasteiger charge is -2.21. The van der Waals surface area contributed by atoms with Crippen molar-refractivity contribution in [2.45, 2.75) is 50.8 Å². The summed E-state index contributed by atoms with van der Waals surface area (Å²) in [5, 5.41) is 19.9. The molecule has 4 N–H and O–H groups in total. The first kappa shape index (κ1) is 22.3. The molecule has 1 saturated carbocycles. The van der Waals surface area contributed by atoms with E-state index in [1.807, 2.05) is 23.0 Å². The van der Waals surface area contributed by atoms with Crippen LogP contribution in [0.1, 0.15) is 49.4 Å². The van der Waals surface area contributed by atoms with E-state index in [-0.39, 0.29) is 24.6 Å². The van der Waals surface area contributed by atoms with E-state index >= 15 is 0 Å². The zero-order valence-electron chi connectivity index (χ0n) is 18.5. The molecule has 2 aromatic heterocycles. The number of hydrogen-bond acceptors (Lipinski definition) is 7. The number of aliphatic hydroxyl groups is 1. The lowest BCUT2D eigenvalue weighted by molar-refractivity contribution is 0.100. The van der Waals surface area contributed by atoms with Gasteiger partial charge in [0.25, 0.3) is 0 Å². The number of aliphatic hydroxyl groups excluding tert-OH is 1. The van der Waals surface area contributed by atoms with Crippen LogP contribution in [-0.2, 0) is 20.9 Å². The number of fused-ring (bicyclic) bond motifs is 2. The molecule has 0 saturated heterocycles. The van der Waals surface area contributed by atoms with Crippen LogP contribution in [0.5, 0.6) is 0 Å². The molecule has 0 radical (unpaired) electrons. The number of anilines is 1. The van der Waals surface area contributed by atoms with Crippen molar-refractivity contribution in [2.24, 2.45) is 17.0 Å². The number of nitrogens with two attached hydrogens (primary N) is 1. The molecule has 1 fully saturated rings. The van der Waals surface area contributed by atoms with Gasteiger partial charge in [0, 0.05) is 29.7 Å². The van der Waals surface area contributed by atoms with Crippen molar-refractivity contribution < 1.29 is 17.7 Å². The molecule has 0 aliphatic heterocycles. The summed E-state index contributed by atoms with van der Waals surface area (Å²) in [6.07, 6.45) is 6.26. The topological polar surface area (TPSA) is 132 Å². The molecule has 2 aliphatic rings. The molecule has 33 heavy (non-hydrogen) atoms. The predicted octanol–water partition coefficient (Wildman–Crippen LogP) is 2.70. The van der Waals surface area contributed by atoms with Gasteiger partial charge in [-0.1, -0.05) is 37.6 Å². The Morgan fingerprint density at radius 3 is 2.85 bits per heavy atom. The molecule has 0 spiro atoms.